The quantitative estimate of drug-likeness (QED) is 0.841. The molecule has 0 aromatic heterocycles. The number of fused-ring (bicyclic) bond motifs is 3. The lowest BCUT2D eigenvalue weighted by molar-refractivity contribution is 0.126. The van der Waals surface area contributed by atoms with Crippen LogP contribution in [0, 0.1) is 5.41 Å². The second-order valence-corrected chi connectivity index (χ2v) is 8.11. The molecule has 0 bridgehead atoms. The van der Waals surface area contributed by atoms with E-state index in [1.807, 2.05) is 24.3 Å². The lowest BCUT2D eigenvalue weighted by atomic mass is 9.88. The summed E-state index contributed by atoms with van der Waals surface area (Å²) < 4.78 is 5.53. The van der Waals surface area contributed by atoms with Crippen molar-refractivity contribution < 1.29 is 14.6 Å². The zero-order chi connectivity index (χ0) is 18.7. The van der Waals surface area contributed by atoms with Gasteiger partial charge in [0, 0.05) is 5.92 Å². The topological polar surface area (TPSA) is 58.6 Å². The smallest absolute Gasteiger partial charge is 0.407 e. The number of rotatable bonds is 5. The standard InChI is InChI=1S/C22H27NO3/c1-22(2,3)12-15(13-24)23-21(25)26-14-20-18-10-6-4-8-16(18)17-9-5-7-11-19(17)20/h4-11,15,20,24H,12-14H2,1-3H3,(H,23,25). The van der Waals surface area contributed by atoms with E-state index in [1.54, 1.807) is 0 Å². The van der Waals surface area contributed by atoms with E-state index in [9.17, 15) is 9.90 Å². The fraction of sp³-hybridized carbons (Fsp3) is 0.409. The largest absolute Gasteiger partial charge is 0.449 e. The molecule has 4 heteroatoms. The molecule has 2 N–H and O–H groups in total. The summed E-state index contributed by atoms with van der Waals surface area (Å²) in [5.74, 6) is 0.0448. The number of ether oxygens (including phenoxy) is 1. The zero-order valence-electron chi connectivity index (χ0n) is 15.7. The third kappa shape index (κ3) is 4.07. The van der Waals surface area contributed by atoms with Crippen LogP contribution in [-0.2, 0) is 4.74 Å². The highest BCUT2D eigenvalue weighted by Crippen LogP contribution is 2.44. The average molecular weight is 353 g/mol. The van der Waals surface area contributed by atoms with Gasteiger partial charge < -0.3 is 15.2 Å². The van der Waals surface area contributed by atoms with E-state index in [2.05, 4.69) is 50.4 Å². The third-order valence-corrected chi connectivity index (χ3v) is 4.74. The van der Waals surface area contributed by atoms with E-state index in [1.165, 1.54) is 22.3 Å². The summed E-state index contributed by atoms with van der Waals surface area (Å²) in [6, 6.07) is 16.2. The van der Waals surface area contributed by atoms with Gasteiger partial charge in [-0.3, -0.25) is 0 Å². The molecule has 1 amide bonds. The summed E-state index contributed by atoms with van der Waals surface area (Å²) in [4.78, 5) is 12.2. The second kappa shape index (κ2) is 7.50. The Morgan fingerprint density at radius 3 is 2.12 bits per heavy atom. The highest BCUT2D eigenvalue weighted by molar-refractivity contribution is 5.79. The summed E-state index contributed by atoms with van der Waals surface area (Å²) in [6.45, 7) is 6.42. The van der Waals surface area contributed by atoms with Gasteiger partial charge in [-0.15, -0.1) is 0 Å². The molecule has 0 radical (unpaired) electrons. The van der Waals surface area contributed by atoms with Crippen LogP contribution in [0.4, 0.5) is 4.79 Å². The average Bonchev–Trinajstić information content (AvgIpc) is 2.92. The van der Waals surface area contributed by atoms with Crippen LogP contribution in [-0.4, -0.2) is 30.5 Å². The Kier molecular flexibility index (Phi) is 5.33. The lowest BCUT2D eigenvalue weighted by Gasteiger charge is -2.25. The molecule has 1 aliphatic carbocycles. The monoisotopic (exact) mass is 353 g/mol. The van der Waals surface area contributed by atoms with Gasteiger partial charge in [0.25, 0.3) is 0 Å². The molecule has 4 nitrogen and oxygen atoms in total. The number of amides is 1. The maximum absolute atomic E-state index is 12.2. The summed E-state index contributed by atoms with van der Waals surface area (Å²) in [5.41, 5.74) is 4.81. The van der Waals surface area contributed by atoms with Crippen LogP contribution in [0.2, 0.25) is 0 Å². The van der Waals surface area contributed by atoms with Gasteiger partial charge in [-0.25, -0.2) is 4.79 Å². The first-order valence-electron chi connectivity index (χ1n) is 9.11. The minimum absolute atomic E-state index is 0.0179. The van der Waals surface area contributed by atoms with Crippen LogP contribution in [0.1, 0.15) is 44.2 Å². The molecular formula is C22H27NO3. The van der Waals surface area contributed by atoms with E-state index >= 15 is 0 Å². The highest BCUT2D eigenvalue weighted by Gasteiger charge is 2.29. The normalized spacial score (nSPS) is 14.5. The SMILES string of the molecule is CC(C)(C)CC(CO)NC(=O)OCC1c2ccccc2-c2ccccc21. The molecule has 0 saturated heterocycles. The molecule has 26 heavy (non-hydrogen) atoms. The number of carbonyl (C=O) groups excluding carboxylic acids is 1. The summed E-state index contributed by atoms with van der Waals surface area (Å²) in [5, 5.41) is 12.3. The fourth-order valence-corrected chi connectivity index (χ4v) is 3.71. The number of aliphatic hydroxyl groups is 1. The fourth-order valence-electron chi connectivity index (χ4n) is 3.71. The van der Waals surface area contributed by atoms with Crippen LogP contribution >= 0.6 is 0 Å². The molecule has 1 unspecified atom stereocenters. The van der Waals surface area contributed by atoms with Crippen molar-refractivity contribution in [3.05, 3.63) is 59.7 Å². The van der Waals surface area contributed by atoms with Gasteiger partial charge in [0.05, 0.1) is 12.6 Å². The van der Waals surface area contributed by atoms with Gasteiger partial charge in [0.1, 0.15) is 6.61 Å². The Hall–Kier alpha value is -2.33. The number of hydrogen-bond acceptors (Lipinski definition) is 3. The molecular weight excluding hydrogens is 326 g/mol. The predicted octanol–water partition coefficient (Wildman–Crippen LogP) is 4.32. The van der Waals surface area contributed by atoms with Crippen molar-refractivity contribution in [3.63, 3.8) is 0 Å². The van der Waals surface area contributed by atoms with E-state index in [0.717, 1.165) is 0 Å². The summed E-state index contributed by atoms with van der Waals surface area (Å²) >= 11 is 0. The van der Waals surface area contributed by atoms with Crippen molar-refractivity contribution in [2.75, 3.05) is 13.2 Å². The Bertz CT molecular complexity index is 733. The number of nitrogens with one attached hydrogen (secondary N) is 1. The Morgan fingerprint density at radius 2 is 1.62 bits per heavy atom. The maximum atomic E-state index is 12.2. The molecule has 0 heterocycles. The van der Waals surface area contributed by atoms with Gasteiger partial charge >= 0.3 is 6.09 Å². The highest BCUT2D eigenvalue weighted by atomic mass is 16.5. The molecule has 0 spiro atoms. The Balaban J connectivity index is 1.67. The Morgan fingerprint density at radius 1 is 1.08 bits per heavy atom. The van der Waals surface area contributed by atoms with Crippen LogP contribution in [0.15, 0.2) is 48.5 Å². The van der Waals surface area contributed by atoms with E-state index in [-0.39, 0.29) is 30.6 Å². The maximum Gasteiger partial charge on any atom is 0.407 e. The van der Waals surface area contributed by atoms with Gasteiger partial charge in [0.15, 0.2) is 0 Å². The summed E-state index contributed by atoms with van der Waals surface area (Å²) in [7, 11) is 0. The first-order valence-corrected chi connectivity index (χ1v) is 9.11. The van der Waals surface area contributed by atoms with Crippen molar-refractivity contribution in [2.24, 2.45) is 5.41 Å². The lowest BCUT2D eigenvalue weighted by Crippen LogP contribution is -2.40. The van der Waals surface area contributed by atoms with Crippen LogP contribution in [0.5, 0.6) is 0 Å². The Labute approximate surface area is 155 Å². The van der Waals surface area contributed by atoms with Crippen molar-refractivity contribution in [1.82, 2.24) is 5.32 Å². The van der Waals surface area contributed by atoms with Crippen molar-refractivity contribution in [1.29, 1.82) is 0 Å². The molecule has 138 valence electrons. The minimum atomic E-state index is -0.477. The molecule has 0 fully saturated rings. The molecule has 3 rings (SSSR count). The number of hydrogen-bond donors (Lipinski definition) is 2. The number of benzene rings is 2. The van der Waals surface area contributed by atoms with Crippen molar-refractivity contribution >= 4 is 6.09 Å². The number of alkyl carbamates (subject to hydrolysis) is 1. The van der Waals surface area contributed by atoms with Crippen LogP contribution in [0.25, 0.3) is 11.1 Å². The van der Waals surface area contributed by atoms with Gasteiger partial charge in [-0.05, 0) is 34.1 Å². The molecule has 2 aromatic carbocycles. The zero-order valence-corrected chi connectivity index (χ0v) is 15.7. The summed E-state index contributed by atoms with van der Waals surface area (Å²) in [6.07, 6.45) is 0.211. The van der Waals surface area contributed by atoms with Crippen molar-refractivity contribution in [2.45, 2.75) is 39.2 Å². The van der Waals surface area contributed by atoms with Gasteiger partial charge in [-0.2, -0.15) is 0 Å². The van der Waals surface area contributed by atoms with Gasteiger partial charge in [-0.1, -0.05) is 69.3 Å². The second-order valence-electron chi connectivity index (χ2n) is 8.11. The van der Waals surface area contributed by atoms with Crippen LogP contribution < -0.4 is 5.32 Å². The van der Waals surface area contributed by atoms with Gasteiger partial charge in [0.2, 0.25) is 0 Å². The molecule has 0 saturated carbocycles. The van der Waals surface area contributed by atoms with E-state index in [4.69, 9.17) is 4.74 Å². The molecule has 0 aliphatic heterocycles. The molecule has 1 atom stereocenters. The number of aliphatic hydroxyl groups excluding tert-OH is 1. The first-order chi connectivity index (χ1) is 12.4. The number of carbonyl (C=O) groups is 1. The predicted molar refractivity (Wildman–Crippen MR) is 103 cm³/mol. The first kappa shape index (κ1) is 18.5. The van der Waals surface area contributed by atoms with Crippen molar-refractivity contribution in [3.8, 4) is 11.1 Å². The third-order valence-electron chi connectivity index (χ3n) is 4.74. The van der Waals surface area contributed by atoms with E-state index in [0.29, 0.717) is 6.42 Å². The molecule has 1 aliphatic rings. The van der Waals surface area contributed by atoms with E-state index < -0.39 is 6.09 Å². The van der Waals surface area contributed by atoms with Crippen LogP contribution in [0.3, 0.4) is 0 Å². The molecule has 2 aromatic rings. The minimum Gasteiger partial charge on any atom is -0.449 e.